The van der Waals surface area contributed by atoms with Crippen molar-refractivity contribution in [3.05, 3.63) is 95.6 Å². The first-order chi connectivity index (χ1) is 19.5. The Kier molecular flexibility index (Phi) is 9.10. The highest BCUT2D eigenvalue weighted by Crippen LogP contribution is 2.30. The molecule has 1 heterocycles. The van der Waals surface area contributed by atoms with Crippen LogP contribution in [0, 0.1) is 0 Å². The zero-order valence-electron chi connectivity index (χ0n) is 23.2. The summed E-state index contributed by atoms with van der Waals surface area (Å²) in [5.41, 5.74) is -0.438. The molecule has 3 aromatic rings. The second kappa shape index (κ2) is 12.5. The summed E-state index contributed by atoms with van der Waals surface area (Å²) < 4.78 is 55.4. The minimum atomic E-state index is -4.39. The van der Waals surface area contributed by atoms with E-state index in [4.69, 9.17) is 14.2 Å². The summed E-state index contributed by atoms with van der Waals surface area (Å²) in [4.78, 5) is 28.5. The Morgan fingerprint density at radius 2 is 1.56 bits per heavy atom. The molecule has 1 aliphatic rings. The highest BCUT2D eigenvalue weighted by atomic mass is 19.4. The van der Waals surface area contributed by atoms with Crippen LogP contribution in [-0.4, -0.2) is 60.8 Å². The lowest BCUT2D eigenvalue weighted by molar-refractivity contribution is -0.157. The van der Waals surface area contributed by atoms with Crippen LogP contribution in [0.25, 0.3) is 0 Å². The largest absolute Gasteiger partial charge is 0.494 e. The van der Waals surface area contributed by atoms with Crippen LogP contribution in [-0.2, 0) is 28.7 Å². The molecule has 7 nitrogen and oxygen atoms in total. The van der Waals surface area contributed by atoms with Gasteiger partial charge in [-0.2, -0.15) is 13.2 Å². The fourth-order valence-electron chi connectivity index (χ4n) is 4.79. The number of benzene rings is 3. The number of alkyl halides is 3. The molecule has 0 bridgehead atoms. The number of likely N-dealkylation sites (N-methyl/N-ethyl adjacent to an activating group) is 1. The molecule has 1 fully saturated rings. The quantitative estimate of drug-likeness (QED) is 0.266. The van der Waals surface area contributed by atoms with E-state index in [9.17, 15) is 22.8 Å². The van der Waals surface area contributed by atoms with Crippen LogP contribution in [0.3, 0.4) is 0 Å². The first-order valence-electron chi connectivity index (χ1n) is 13.2. The van der Waals surface area contributed by atoms with Gasteiger partial charge in [0.2, 0.25) is 5.60 Å². The molecule has 10 heteroatoms. The van der Waals surface area contributed by atoms with Gasteiger partial charge in [-0.1, -0.05) is 42.5 Å². The molecule has 3 aromatic carbocycles. The van der Waals surface area contributed by atoms with Crippen molar-refractivity contribution in [1.82, 2.24) is 9.80 Å². The number of hydrogen-bond donors (Lipinski definition) is 0. The Morgan fingerprint density at radius 3 is 2.17 bits per heavy atom. The first kappa shape index (κ1) is 29.8. The SMILES string of the molecule is COC(=O)C(C)(Cc1ccc(OCCC2CN(Cc3ccc(C(F)(F)F)cc3)C(=O)N2C)cc1)Oc1ccccc1. The molecule has 0 aliphatic carbocycles. The lowest BCUT2D eigenvalue weighted by Crippen LogP contribution is -2.44. The van der Waals surface area contributed by atoms with Crippen LogP contribution < -0.4 is 9.47 Å². The van der Waals surface area contributed by atoms with Gasteiger partial charge in [0.05, 0.1) is 25.3 Å². The van der Waals surface area contributed by atoms with Crippen LogP contribution in [0.4, 0.5) is 18.0 Å². The molecule has 41 heavy (non-hydrogen) atoms. The van der Waals surface area contributed by atoms with Crippen LogP contribution >= 0.6 is 0 Å². The fraction of sp³-hybridized carbons (Fsp3) is 0.355. The summed E-state index contributed by atoms with van der Waals surface area (Å²) in [6.07, 6.45) is -3.52. The average Bonchev–Trinajstić information content (AvgIpc) is 3.21. The highest BCUT2D eigenvalue weighted by Gasteiger charge is 2.38. The van der Waals surface area contributed by atoms with Gasteiger partial charge in [-0.25, -0.2) is 9.59 Å². The molecule has 1 aliphatic heterocycles. The third-order valence-corrected chi connectivity index (χ3v) is 7.09. The number of halogens is 3. The van der Waals surface area contributed by atoms with Gasteiger partial charge in [0.25, 0.3) is 0 Å². The molecule has 2 unspecified atom stereocenters. The third kappa shape index (κ3) is 7.50. The van der Waals surface area contributed by atoms with E-state index in [2.05, 4.69) is 0 Å². The van der Waals surface area contributed by atoms with Crippen molar-refractivity contribution in [1.29, 1.82) is 0 Å². The Bertz CT molecular complexity index is 1320. The standard InChI is InChI=1S/C31H33F3N2O5/c1-30(28(37)39-3,41-27-7-5-4-6-8-27)19-22-11-15-26(16-12-22)40-18-17-25-21-36(29(38)35(25)2)20-23-9-13-24(14-10-23)31(32,33)34/h4-16,25H,17-21H2,1-3H3. The summed E-state index contributed by atoms with van der Waals surface area (Å²) in [6.45, 7) is 2.74. The van der Waals surface area contributed by atoms with Crippen molar-refractivity contribution in [3.8, 4) is 11.5 Å². The molecule has 2 atom stereocenters. The van der Waals surface area contributed by atoms with Crippen LogP contribution in [0.15, 0.2) is 78.9 Å². The Morgan fingerprint density at radius 1 is 0.927 bits per heavy atom. The van der Waals surface area contributed by atoms with Crippen LogP contribution in [0.1, 0.15) is 30.0 Å². The van der Waals surface area contributed by atoms with E-state index in [0.29, 0.717) is 43.1 Å². The van der Waals surface area contributed by atoms with Crippen molar-refractivity contribution in [2.45, 2.75) is 44.1 Å². The van der Waals surface area contributed by atoms with Crippen molar-refractivity contribution >= 4 is 12.0 Å². The van der Waals surface area contributed by atoms with E-state index in [0.717, 1.165) is 17.7 Å². The summed E-state index contributed by atoms with van der Waals surface area (Å²) in [6, 6.07) is 21.0. The summed E-state index contributed by atoms with van der Waals surface area (Å²) >= 11 is 0. The molecule has 0 aromatic heterocycles. The Labute approximate surface area is 237 Å². The zero-order valence-corrected chi connectivity index (χ0v) is 23.2. The lowest BCUT2D eigenvalue weighted by atomic mass is 9.96. The molecule has 218 valence electrons. The smallest absolute Gasteiger partial charge is 0.416 e. The van der Waals surface area contributed by atoms with Gasteiger partial charge < -0.3 is 24.0 Å². The van der Waals surface area contributed by atoms with Gasteiger partial charge in [-0.3, -0.25) is 0 Å². The minimum absolute atomic E-state index is 0.0906. The molecule has 0 N–H and O–H groups in total. The predicted molar refractivity (Wildman–Crippen MR) is 147 cm³/mol. The lowest BCUT2D eigenvalue weighted by Gasteiger charge is -2.28. The maximum absolute atomic E-state index is 12.8. The van der Waals surface area contributed by atoms with Crippen LogP contribution in [0.2, 0.25) is 0 Å². The normalized spacial score (nSPS) is 16.8. The third-order valence-electron chi connectivity index (χ3n) is 7.09. The van der Waals surface area contributed by atoms with Gasteiger partial charge >= 0.3 is 18.2 Å². The number of carbonyl (C=O) groups is 2. The number of carbonyl (C=O) groups excluding carboxylic acids is 2. The molecule has 0 radical (unpaired) electrons. The van der Waals surface area contributed by atoms with Gasteiger partial charge in [0, 0.05) is 33.0 Å². The van der Waals surface area contributed by atoms with E-state index in [1.807, 2.05) is 42.5 Å². The van der Waals surface area contributed by atoms with E-state index < -0.39 is 23.3 Å². The summed E-state index contributed by atoms with van der Waals surface area (Å²) in [5.74, 6) is 0.726. The number of nitrogens with zero attached hydrogens (tertiary/aromatic N) is 2. The second-order valence-corrected chi connectivity index (χ2v) is 10.2. The topological polar surface area (TPSA) is 68.3 Å². The molecule has 0 spiro atoms. The number of ether oxygens (including phenoxy) is 3. The van der Waals surface area contributed by atoms with Crippen LogP contribution in [0.5, 0.6) is 11.5 Å². The molecular weight excluding hydrogens is 537 g/mol. The van der Waals surface area contributed by atoms with Gasteiger partial charge in [0.15, 0.2) is 0 Å². The molecular formula is C31H33F3N2O5. The monoisotopic (exact) mass is 570 g/mol. The highest BCUT2D eigenvalue weighted by molar-refractivity contribution is 5.80. The number of rotatable bonds is 11. The van der Waals surface area contributed by atoms with E-state index >= 15 is 0 Å². The second-order valence-electron chi connectivity index (χ2n) is 10.2. The molecule has 2 amide bonds. The first-order valence-corrected chi connectivity index (χ1v) is 13.2. The summed E-state index contributed by atoms with van der Waals surface area (Å²) in [5, 5.41) is 0. The van der Waals surface area contributed by atoms with E-state index in [1.54, 1.807) is 35.9 Å². The molecule has 4 rings (SSSR count). The minimum Gasteiger partial charge on any atom is -0.494 e. The van der Waals surface area contributed by atoms with E-state index in [-0.39, 0.29) is 18.6 Å². The number of methoxy groups -OCH3 is 1. The van der Waals surface area contributed by atoms with Gasteiger partial charge in [-0.15, -0.1) is 0 Å². The van der Waals surface area contributed by atoms with Gasteiger partial charge in [0.1, 0.15) is 11.5 Å². The number of para-hydroxylation sites is 1. The van der Waals surface area contributed by atoms with Crippen molar-refractivity contribution < 1.29 is 37.0 Å². The zero-order chi connectivity index (χ0) is 29.6. The average molecular weight is 571 g/mol. The maximum Gasteiger partial charge on any atom is 0.416 e. The number of hydrogen-bond acceptors (Lipinski definition) is 5. The van der Waals surface area contributed by atoms with Crippen molar-refractivity contribution in [3.63, 3.8) is 0 Å². The maximum atomic E-state index is 12.8. The number of urea groups is 1. The Hall–Kier alpha value is -4.21. The number of amides is 2. The summed E-state index contributed by atoms with van der Waals surface area (Å²) in [7, 11) is 3.04. The molecule has 0 saturated carbocycles. The van der Waals surface area contributed by atoms with Crippen molar-refractivity contribution in [2.24, 2.45) is 0 Å². The van der Waals surface area contributed by atoms with Crippen molar-refractivity contribution in [2.75, 3.05) is 27.3 Å². The molecule has 1 saturated heterocycles. The fourth-order valence-corrected chi connectivity index (χ4v) is 4.79. The van der Waals surface area contributed by atoms with Gasteiger partial charge in [-0.05, 0) is 54.4 Å². The number of esters is 1. The Balaban J connectivity index is 1.29. The predicted octanol–water partition coefficient (Wildman–Crippen LogP) is 5.96. The van der Waals surface area contributed by atoms with E-state index in [1.165, 1.54) is 19.2 Å².